The van der Waals surface area contributed by atoms with E-state index in [-0.39, 0.29) is 6.61 Å². The highest BCUT2D eigenvalue weighted by atomic mass is 16.5. The second-order valence-corrected chi connectivity index (χ2v) is 2.97. The molecule has 0 heterocycles. The van der Waals surface area contributed by atoms with Gasteiger partial charge in [-0.05, 0) is 17.7 Å². The van der Waals surface area contributed by atoms with Gasteiger partial charge in [-0.3, -0.25) is 4.79 Å². The molecule has 1 aromatic carbocycles. The lowest BCUT2D eigenvalue weighted by molar-refractivity contribution is -0.113. The molecule has 0 saturated heterocycles. The first kappa shape index (κ1) is 11.3. The van der Waals surface area contributed by atoms with Crippen LogP contribution in [0.25, 0.3) is 6.08 Å². The molecule has 0 radical (unpaired) electrons. The van der Waals surface area contributed by atoms with E-state index in [4.69, 9.17) is 15.6 Å². The van der Waals surface area contributed by atoms with Gasteiger partial charge in [-0.15, -0.1) is 0 Å². The second kappa shape index (κ2) is 5.17. The molecule has 1 rings (SSSR count). The van der Waals surface area contributed by atoms with E-state index in [1.165, 1.54) is 13.2 Å². The molecule has 0 saturated carbocycles. The number of ether oxygens (including phenoxy) is 1. The largest absolute Gasteiger partial charge is 0.496 e. The van der Waals surface area contributed by atoms with Crippen molar-refractivity contribution in [1.29, 1.82) is 0 Å². The molecule has 0 aliphatic heterocycles. The Hall–Kier alpha value is -1.81. The summed E-state index contributed by atoms with van der Waals surface area (Å²) in [4.78, 5) is 10.5. The average Bonchev–Trinajstić information content (AvgIpc) is 2.25. The summed E-state index contributed by atoms with van der Waals surface area (Å²) in [5.74, 6) is 0.0873. The van der Waals surface area contributed by atoms with Crippen molar-refractivity contribution in [3.63, 3.8) is 0 Å². The number of carbonyl (C=O) groups is 1. The van der Waals surface area contributed by atoms with Gasteiger partial charge in [0, 0.05) is 11.6 Å². The molecule has 0 bridgehead atoms. The number of hydrogen-bond donors (Lipinski definition) is 2. The molecule has 4 nitrogen and oxygen atoms in total. The average molecular weight is 207 g/mol. The first-order valence-electron chi connectivity index (χ1n) is 4.42. The van der Waals surface area contributed by atoms with E-state index >= 15 is 0 Å². The number of carbonyl (C=O) groups excluding carboxylic acids is 1. The monoisotopic (exact) mass is 207 g/mol. The Morgan fingerprint density at radius 1 is 1.60 bits per heavy atom. The third-order valence-corrected chi connectivity index (χ3v) is 1.92. The SMILES string of the molecule is COc1cc(C=CC(N)=O)ccc1CO. The molecule has 1 amide bonds. The number of methoxy groups -OCH3 is 1. The highest BCUT2D eigenvalue weighted by molar-refractivity contribution is 5.90. The van der Waals surface area contributed by atoms with Crippen molar-refractivity contribution in [2.75, 3.05) is 7.11 Å². The van der Waals surface area contributed by atoms with Crippen molar-refractivity contribution in [3.05, 3.63) is 35.4 Å². The van der Waals surface area contributed by atoms with Gasteiger partial charge in [0.15, 0.2) is 0 Å². The van der Waals surface area contributed by atoms with Crippen LogP contribution in [0.2, 0.25) is 0 Å². The van der Waals surface area contributed by atoms with Crippen molar-refractivity contribution in [1.82, 2.24) is 0 Å². The number of primary amides is 1. The Bertz CT molecular complexity index is 385. The van der Waals surface area contributed by atoms with Gasteiger partial charge in [-0.2, -0.15) is 0 Å². The highest BCUT2D eigenvalue weighted by Gasteiger charge is 2.01. The minimum absolute atomic E-state index is 0.0804. The van der Waals surface area contributed by atoms with Crippen molar-refractivity contribution < 1.29 is 14.6 Å². The summed E-state index contributed by atoms with van der Waals surface area (Å²) in [5.41, 5.74) is 6.47. The van der Waals surface area contributed by atoms with E-state index in [0.29, 0.717) is 11.3 Å². The van der Waals surface area contributed by atoms with Gasteiger partial charge in [-0.25, -0.2) is 0 Å². The molecule has 0 atom stereocenters. The maximum atomic E-state index is 10.5. The predicted molar refractivity (Wildman–Crippen MR) is 57.1 cm³/mol. The van der Waals surface area contributed by atoms with Crippen LogP contribution in [0.15, 0.2) is 24.3 Å². The zero-order chi connectivity index (χ0) is 11.3. The van der Waals surface area contributed by atoms with Gasteiger partial charge < -0.3 is 15.6 Å². The number of rotatable bonds is 4. The highest BCUT2D eigenvalue weighted by Crippen LogP contribution is 2.20. The molecule has 0 unspecified atom stereocenters. The maximum Gasteiger partial charge on any atom is 0.241 e. The topological polar surface area (TPSA) is 72.5 Å². The van der Waals surface area contributed by atoms with Gasteiger partial charge in [0.2, 0.25) is 5.91 Å². The summed E-state index contributed by atoms with van der Waals surface area (Å²) < 4.78 is 5.07. The van der Waals surface area contributed by atoms with E-state index in [1.54, 1.807) is 24.3 Å². The van der Waals surface area contributed by atoms with Crippen molar-refractivity contribution in [2.24, 2.45) is 5.73 Å². The van der Waals surface area contributed by atoms with Crippen LogP contribution in [0.4, 0.5) is 0 Å². The number of hydrogen-bond acceptors (Lipinski definition) is 3. The lowest BCUT2D eigenvalue weighted by Crippen LogP contribution is -2.05. The van der Waals surface area contributed by atoms with Gasteiger partial charge in [-0.1, -0.05) is 12.1 Å². The van der Waals surface area contributed by atoms with E-state index in [2.05, 4.69) is 0 Å². The fourth-order valence-corrected chi connectivity index (χ4v) is 1.17. The Morgan fingerprint density at radius 2 is 2.33 bits per heavy atom. The summed E-state index contributed by atoms with van der Waals surface area (Å²) in [6.07, 6.45) is 2.86. The zero-order valence-electron chi connectivity index (χ0n) is 8.43. The number of nitrogens with two attached hydrogens (primary N) is 1. The Morgan fingerprint density at radius 3 is 2.87 bits per heavy atom. The molecular formula is C11H13NO3. The van der Waals surface area contributed by atoms with Crippen molar-refractivity contribution in [3.8, 4) is 5.75 Å². The zero-order valence-corrected chi connectivity index (χ0v) is 8.43. The molecule has 0 aromatic heterocycles. The molecular weight excluding hydrogens is 194 g/mol. The molecule has 80 valence electrons. The van der Waals surface area contributed by atoms with Gasteiger partial charge in [0.05, 0.1) is 13.7 Å². The summed E-state index contributed by atoms with van der Waals surface area (Å²) in [6, 6.07) is 5.23. The molecule has 3 N–H and O–H groups in total. The van der Waals surface area contributed by atoms with E-state index < -0.39 is 5.91 Å². The van der Waals surface area contributed by atoms with E-state index in [9.17, 15) is 4.79 Å². The van der Waals surface area contributed by atoms with Crippen LogP contribution in [-0.2, 0) is 11.4 Å². The number of aliphatic hydroxyl groups excluding tert-OH is 1. The van der Waals surface area contributed by atoms with Crippen LogP contribution in [0.3, 0.4) is 0 Å². The smallest absolute Gasteiger partial charge is 0.241 e. The van der Waals surface area contributed by atoms with Crippen LogP contribution in [0.1, 0.15) is 11.1 Å². The molecule has 0 aliphatic rings. The fourth-order valence-electron chi connectivity index (χ4n) is 1.17. The van der Waals surface area contributed by atoms with Crippen LogP contribution in [-0.4, -0.2) is 18.1 Å². The number of aliphatic hydroxyl groups is 1. The van der Waals surface area contributed by atoms with Crippen LogP contribution in [0.5, 0.6) is 5.75 Å². The lowest BCUT2D eigenvalue weighted by Gasteiger charge is -2.06. The van der Waals surface area contributed by atoms with Gasteiger partial charge in [0.25, 0.3) is 0 Å². The minimum Gasteiger partial charge on any atom is -0.496 e. The molecule has 4 heteroatoms. The second-order valence-electron chi connectivity index (χ2n) is 2.97. The normalized spacial score (nSPS) is 10.5. The lowest BCUT2D eigenvalue weighted by atomic mass is 10.1. The van der Waals surface area contributed by atoms with Gasteiger partial charge >= 0.3 is 0 Å². The summed E-state index contributed by atoms with van der Waals surface area (Å²) in [5, 5.41) is 8.99. The molecule has 15 heavy (non-hydrogen) atoms. The first-order chi connectivity index (χ1) is 7.17. The van der Waals surface area contributed by atoms with Crippen LogP contribution < -0.4 is 10.5 Å². The standard InChI is InChI=1S/C11H13NO3/c1-15-10-6-8(3-5-11(12)14)2-4-9(10)7-13/h2-6,13H,7H2,1H3,(H2,12,14). The minimum atomic E-state index is -0.500. The third-order valence-electron chi connectivity index (χ3n) is 1.92. The summed E-state index contributed by atoms with van der Waals surface area (Å²) in [6.45, 7) is -0.0804. The molecule has 1 aromatic rings. The van der Waals surface area contributed by atoms with Crippen molar-refractivity contribution in [2.45, 2.75) is 6.61 Å². The van der Waals surface area contributed by atoms with Crippen LogP contribution >= 0.6 is 0 Å². The van der Waals surface area contributed by atoms with Crippen molar-refractivity contribution >= 4 is 12.0 Å². The fraction of sp³-hybridized carbons (Fsp3) is 0.182. The van der Waals surface area contributed by atoms with E-state index in [0.717, 1.165) is 5.56 Å². The van der Waals surface area contributed by atoms with Crippen LogP contribution in [0, 0.1) is 0 Å². The first-order valence-corrected chi connectivity index (χ1v) is 4.42. The number of benzene rings is 1. The predicted octanol–water partition coefficient (Wildman–Crippen LogP) is 0.686. The molecule has 0 aliphatic carbocycles. The Kier molecular flexibility index (Phi) is 3.88. The summed E-state index contributed by atoms with van der Waals surface area (Å²) in [7, 11) is 1.52. The molecule has 0 spiro atoms. The maximum absolute atomic E-state index is 10.5. The quantitative estimate of drug-likeness (QED) is 0.713. The molecule has 0 fully saturated rings. The Balaban J connectivity index is 2.97. The number of amides is 1. The van der Waals surface area contributed by atoms with E-state index in [1.807, 2.05) is 0 Å². The van der Waals surface area contributed by atoms with Gasteiger partial charge in [0.1, 0.15) is 5.75 Å². The Labute approximate surface area is 88.0 Å². The summed E-state index contributed by atoms with van der Waals surface area (Å²) >= 11 is 0. The third kappa shape index (κ3) is 3.11.